The van der Waals surface area contributed by atoms with Crippen LogP contribution in [0.4, 0.5) is 5.69 Å². The average Bonchev–Trinajstić information content (AvgIpc) is 2.82. The van der Waals surface area contributed by atoms with Crippen molar-refractivity contribution in [3.63, 3.8) is 0 Å². The lowest BCUT2D eigenvalue weighted by molar-refractivity contribution is -0.129. The molecule has 0 aromatic heterocycles. The summed E-state index contributed by atoms with van der Waals surface area (Å²) in [5, 5.41) is 14.8. The quantitative estimate of drug-likeness (QED) is 0.840. The van der Waals surface area contributed by atoms with Crippen molar-refractivity contribution in [2.45, 2.75) is 0 Å². The van der Waals surface area contributed by atoms with Gasteiger partial charge in [-0.05, 0) is 12.1 Å². The predicted molar refractivity (Wildman–Crippen MR) is 68.3 cm³/mol. The number of carbonyl (C=O) groups is 1. The average molecular weight is 242 g/mol. The number of benzene rings is 1. The van der Waals surface area contributed by atoms with Crippen LogP contribution in [-0.2, 0) is 4.79 Å². The molecule has 0 fully saturated rings. The van der Waals surface area contributed by atoms with E-state index in [2.05, 4.69) is 15.1 Å². The Labute approximate surface area is 103 Å². The number of aliphatic carboxylic acids is 1. The summed E-state index contributed by atoms with van der Waals surface area (Å²) in [5.41, 5.74) is 0.863. The van der Waals surface area contributed by atoms with Gasteiger partial charge in [0.15, 0.2) is 0 Å². The van der Waals surface area contributed by atoms with Crippen LogP contribution in [-0.4, -0.2) is 35.5 Å². The number of rotatable bonds is 2. The highest BCUT2D eigenvalue weighted by atomic mass is 16.4. The molecular formula is C12H10N4O2. The number of aliphatic imine (C=N–C) groups is 2. The first kappa shape index (κ1) is 10.6. The molecule has 1 aromatic carbocycles. The van der Waals surface area contributed by atoms with E-state index in [1.54, 1.807) is 11.2 Å². The molecule has 0 bridgehead atoms. The minimum Gasteiger partial charge on any atom is -0.475 e. The topological polar surface area (TPSA) is 77.6 Å². The Morgan fingerprint density at radius 1 is 1.33 bits per heavy atom. The number of para-hydroxylation sites is 1. The zero-order valence-corrected chi connectivity index (χ0v) is 9.39. The van der Waals surface area contributed by atoms with Crippen molar-refractivity contribution >= 4 is 29.5 Å². The molecule has 2 aliphatic rings. The molecule has 6 heteroatoms. The van der Waals surface area contributed by atoms with Gasteiger partial charge in [0.05, 0.1) is 18.2 Å². The van der Waals surface area contributed by atoms with Gasteiger partial charge in [-0.15, -0.1) is 0 Å². The first-order valence-electron chi connectivity index (χ1n) is 5.51. The number of nitrogens with zero attached hydrogens (tertiary/aromatic N) is 4. The van der Waals surface area contributed by atoms with E-state index in [-0.39, 0.29) is 11.8 Å². The lowest BCUT2D eigenvalue weighted by Gasteiger charge is -2.20. The van der Waals surface area contributed by atoms with Gasteiger partial charge in [-0.25, -0.2) is 14.8 Å². The van der Waals surface area contributed by atoms with Gasteiger partial charge >= 0.3 is 5.97 Å². The van der Waals surface area contributed by atoms with Crippen LogP contribution < -0.4 is 5.01 Å². The molecule has 6 nitrogen and oxygen atoms in total. The normalized spacial score (nSPS) is 21.3. The Hall–Kier alpha value is -2.50. The highest BCUT2D eigenvalue weighted by molar-refractivity contribution is 6.38. The maximum absolute atomic E-state index is 10.9. The van der Waals surface area contributed by atoms with Crippen LogP contribution >= 0.6 is 0 Å². The van der Waals surface area contributed by atoms with Gasteiger partial charge < -0.3 is 5.11 Å². The summed E-state index contributed by atoms with van der Waals surface area (Å²) in [5.74, 6) is -0.685. The molecule has 2 heterocycles. The molecule has 0 radical (unpaired) electrons. The summed E-state index contributed by atoms with van der Waals surface area (Å²) in [6.45, 7) is 0.382. The van der Waals surface area contributed by atoms with Crippen LogP contribution in [0.2, 0.25) is 0 Å². The van der Waals surface area contributed by atoms with Crippen molar-refractivity contribution in [1.82, 2.24) is 0 Å². The van der Waals surface area contributed by atoms with E-state index >= 15 is 0 Å². The summed E-state index contributed by atoms with van der Waals surface area (Å²) in [6.07, 6.45) is 1.74. The monoisotopic (exact) mass is 242 g/mol. The van der Waals surface area contributed by atoms with Crippen LogP contribution in [0.5, 0.6) is 0 Å². The third-order valence-corrected chi connectivity index (χ3v) is 2.76. The van der Waals surface area contributed by atoms with Gasteiger partial charge in [0.1, 0.15) is 5.84 Å². The number of anilines is 1. The summed E-state index contributed by atoms with van der Waals surface area (Å²) in [7, 11) is 0. The standard InChI is InChI=1S/C12H10N4O2/c17-12(18)10-13-6-8-7-14-16(11(8)15-10)9-4-2-1-3-5-9/h1-5,7-8H,6H2,(H,17,18). The molecule has 0 saturated carbocycles. The summed E-state index contributed by atoms with van der Waals surface area (Å²) in [4.78, 5) is 18.9. The minimum atomic E-state index is -1.11. The van der Waals surface area contributed by atoms with Crippen molar-refractivity contribution in [3.05, 3.63) is 30.3 Å². The molecule has 2 aliphatic heterocycles. The number of hydrogen-bond acceptors (Lipinski definition) is 5. The number of carboxylic acid groups (broad SMARTS) is 1. The van der Waals surface area contributed by atoms with E-state index in [4.69, 9.17) is 5.11 Å². The Balaban J connectivity index is 1.97. The Morgan fingerprint density at radius 2 is 2.11 bits per heavy atom. The first-order chi connectivity index (χ1) is 8.75. The van der Waals surface area contributed by atoms with Crippen LogP contribution in [0, 0.1) is 5.92 Å². The van der Waals surface area contributed by atoms with E-state index in [1.165, 1.54) is 0 Å². The Kier molecular flexibility index (Phi) is 2.40. The zero-order chi connectivity index (χ0) is 12.5. The van der Waals surface area contributed by atoms with E-state index in [0.29, 0.717) is 12.4 Å². The SMILES string of the molecule is O=C(O)C1=NCC2C=NN(c3ccccc3)C2=N1. The number of hydrogen-bond donors (Lipinski definition) is 1. The molecule has 0 amide bonds. The summed E-state index contributed by atoms with van der Waals surface area (Å²) < 4.78 is 0. The lowest BCUT2D eigenvalue weighted by atomic mass is 10.1. The van der Waals surface area contributed by atoms with Crippen LogP contribution in [0.15, 0.2) is 45.4 Å². The molecule has 0 saturated heterocycles. The van der Waals surface area contributed by atoms with Gasteiger partial charge in [0.2, 0.25) is 5.84 Å². The molecule has 0 spiro atoms. The smallest absolute Gasteiger partial charge is 0.373 e. The second kappa shape index (κ2) is 4.06. The number of hydrazone groups is 1. The van der Waals surface area contributed by atoms with Gasteiger partial charge in [-0.1, -0.05) is 18.2 Å². The number of amidine groups is 2. The highest BCUT2D eigenvalue weighted by Crippen LogP contribution is 2.23. The van der Waals surface area contributed by atoms with Gasteiger partial charge in [-0.2, -0.15) is 5.10 Å². The third kappa shape index (κ3) is 1.67. The second-order valence-electron chi connectivity index (χ2n) is 3.96. The van der Waals surface area contributed by atoms with E-state index in [9.17, 15) is 4.79 Å². The lowest BCUT2D eigenvalue weighted by Crippen LogP contribution is -2.33. The Morgan fingerprint density at radius 3 is 2.83 bits per heavy atom. The van der Waals surface area contributed by atoms with Gasteiger partial charge in [0, 0.05) is 6.21 Å². The van der Waals surface area contributed by atoms with Gasteiger partial charge in [0.25, 0.3) is 0 Å². The fourth-order valence-electron chi connectivity index (χ4n) is 1.90. The number of fused-ring (bicyclic) bond motifs is 1. The summed E-state index contributed by atoms with van der Waals surface area (Å²) in [6, 6.07) is 9.50. The van der Waals surface area contributed by atoms with Crippen LogP contribution in [0.1, 0.15) is 0 Å². The molecule has 0 aliphatic carbocycles. The second-order valence-corrected chi connectivity index (χ2v) is 3.96. The molecule has 1 atom stereocenters. The van der Waals surface area contributed by atoms with Crippen molar-refractivity contribution in [3.8, 4) is 0 Å². The van der Waals surface area contributed by atoms with E-state index in [1.807, 2.05) is 30.3 Å². The summed E-state index contributed by atoms with van der Waals surface area (Å²) >= 11 is 0. The number of carboxylic acids is 1. The predicted octanol–water partition coefficient (Wildman–Crippen LogP) is 1.00. The maximum atomic E-state index is 10.9. The fourth-order valence-corrected chi connectivity index (χ4v) is 1.90. The molecule has 1 aromatic rings. The zero-order valence-electron chi connectivity index (χ0n) is 9.39. The van der Waals surface area contributed by atoms with Crippen molar-refractivity contribution < 1.29 is 9.90 Å². The third-order valence-electron chi connectivity index (χ3n) is 2.76. The molecule has 90 valence electrons. The van der Waals surface area contributed by atoms with Crippen LogP contribution in [0.25, 0.3) is 0 Å². The molecule has 1 N–H and O–H groups in total. The molecule has 18 heavy (non-hydrogen) atoms. The van der Waals surface area contributed by atoms with E-state index in [0.717, 1.165) is 5.69 Å². The van der Waals surface area contributed by atoms with Gasteiger partial charge in [-0.3, -0.25) is 4.99 Å². The largest absolute Gasteiger partial charge is 0.475 e. The van der Waals surface area contributed by atoms with Crippen molar-refractivity contribution in [2.75, 3.05) is 11.6 Å². The molecule has 1 unspecified atom stereocenters. The highest BCUT2D eigenvalue weighted by Gasteiger charge is 2.31. The maximum Gasteiger partial charge on any atom is 0.373 e. The fraction of sp³-hybridized carbons (Fsp3) is 0.167. The molecular weight excluding hydrogens is 232 g/mol. The van der Waals surface area contributed by atoms with Crippen LogP contribution in [0.3, 0.4) is 0 Å². The first-order valence-corrected chi connectivity index (χ1v) is 5.51. The minimum absolute atomic E-state index is 0.0340. The molecule has 3 rings (SSSR count). The Bertz CT molecular complexity index is 577. The van der Waals surface area contributed by atoms with Crippen molar-refractivity contribution in [1.29, 1.82) is 0 Å². The van der Waals surface area contributed by atoms with E-state index < -0.39 is 5.97 Å². The van der Waals surface area contributed by atoms with Crippen molar-refractivity contribution in [2.24, 2.45) is 21.0 Å².